The van der Waals surface area contributed by atoms with Crippen LogP contribution in [0.1, 0.15) is 12.8 Å². The molecule has 0 unspecified atom stereocenters. The Kier molecular flexibility index (Phi) is 4.37. The molecule has 24 heavy (non-hydrogen) atoms. The van der Waals surface area contributed by atoms with Crippen LogP contribution in [-0.4, -0.2) is 40.6 Å². The van der Waals surface area contributed by atoms with Gasteiger partial charge in [-0.05, 0) is 18.2 Å². The number of benzene rings is 1. The number of amides is 1. The van der Waals surface area contributed by atoms with E-state index in [1.165, 1.54) is 0 Å². The largest absolute Gasteiger partial charge is 0.507 e. The molecule has 0 radical (unpaired) electrons. The Morgan fingerprint density at radius 1 is 1.25 bits per heavy atom. The van der Waals surface area contributed by atoms with Gasteiger partial charge in [-0.2, -0.15) is 0 Å². The third kappa shape index (κ3) is 3.32. The quantitative estimate of drug-likeness (QED) is 0.778. The van der Waals surface area contributed by atoms with Crippen molar-refractivity contribution >= 4 is 17.6 Å². The number of carbonyl (C=O) groups excluding carboxylic acids is 1. The van der Waals surface area contributed by atoms with Gasteiger partial charge in [0.1, 0.15) is 11.9 Å². The maximum Gasteiger partial charge on any atom is 0.404 e. The molecule has 0 spiro atoms. The summed E-state index contributed by atoms with van der Waals surface area (Å²) in [5, 5.41) is 18.1. The number of anilines is 2. The van der Waals surface area contributed by atoms with E-state index in [9.17, 15) is 9.90 Å². The second kappa shape index (κ2) is 6.61. The Balaban J connectivity index is 1.81. The molecule has 0 bridgehead atoms. The summed E-state index contributed by atoms with van der Waals surface area (Å²) in [6.07, 6.45) is 0.403. The monoisotopic (exact) mass is 329 g/mol. The second-order valence-electron chi connectivity index (χ2n) is 5.64. The number of nitrogens with zero attached hydrogens (tertiary/aromatic N) is 3. The van der Waals surface area contributed by atoms with E-state index in [-0.39, 0.29) is 11.9 Å². The molecular weight excluding hydrogens is 310 g/mol. The van der Waals surface area contributed by atoms with Crippen LogP contribution in [0.2, 0.25) is 0 Å². The molecule has 3 rings (SSSR count). The number of aromatic hydroxyl groups is 1. The van der Waals surface area contributed by atoms with Crippen molar-refractivity contribution in [1.82, 2.24) is 10.2 Å². The SMILES string of the molecule is NC(=O)OC1CCN(c2cc(-c3ccccc3O)nnc2N)CC1. The van der Waals surface area contributed by atoms with Crippen molar-refractivity contribution in [3.8, 4) is 17.0 Å². The fourth-order valence-corrected chi connectivity index (χ4v) is 2.85. The van der Waals surface area contributed by atoms with Crippen molar-refractivity contribution in [3.05, 3.63) is 30.3 Å². The third-order valence-electron chi connectivity index (χ3n) is 4.05. The lowest BCUT2D eigenvalue weighted by atomic mass is 10.1. The topological polar surface area (TPSA) is 128 Å². The summed E-state index contributed by atoms with van der Waals surface area (Å²) >= 11 is 0. The molecular formula is C16H19N5O3. The van der Waals surface area contributed by atoms with E-state index in [1.54, 1.807) is 18.2 Å². The average Bonchev–Trinajstić information content (AvgIpc) is 2.56. The molecule has 1 amide bonds. The highest BCUT2D eigenvalue weighted by atomic mass is 16.6. The van der Waals surface area contributed by atoms with E-state index in [0.717, 1.165) is 5.69 Å². The minimum Gasteiger partial charge on any atom is -0.507 e. The van der Waals surface area contributed by atoms with Gasteiger partial charge >= 0.3 is 6.09 Å². The van der Waals surface area contributed by atoms with Crippen LogP contribution in [0, 0.1) is 0 Å². The number of phenolic OH excluding ortho intramolecular Hbond substituents is 1. The number of primary amides is 1. The Labute approximate surface area is 139 Å². The number of piperidine rings is 1. The van der Waals surface area contributed by atoms with Gasteiger partial charge in [-0.3, -0.25) is 0 Å². The van der Waals surface area contributed by atoms with E-state index in [1.807, 2.05) is 12.1 Å². The first kappa shape index (κ1) is 15.9. The number of phenols is 1. The van der Waals surface area contributed by atoms with Crippen molar-refractivity contribution in [1.29, 1.82) is 0 Å². The Bertz CT molecular complexity index is 744. The second-order valence-corrected chi connectivity index (χ2v) is 5.64. The molecule has 1 aliphatic rings. The lowest BCUT2D eigenvalue weighted by molar-refractivity contribution is 0.0912. The highest BCUT2D eigenvalue weighted by Gasteiger charge is 2.24. The van der Waals surface area contributed by atoms with Crippen molar-refractivity contribution in [2.45, 2.75) is 18.9 Å². The minimum absolute atomic E-state index is 0.135. The van der Waals surface area contributed by atoms with Gasteiger partial charge in [0.2, 0.25) is 0 Å². The van der Waals surface area contributed by atoms with Gasteiger partial charge in [-0.1, -0.05) is 12.1 Å². The first-order valence-corrected chi connectivity index (χ1v) is 7.67. The van der Waals surface area contributed by atoms with E-state index >= 15 is 0 Å². The lowest BCUT2D eigenvalue weighted by Crippen LogP contribution is -2.39. The van der Waals surface area contributed by atoms with Crippen molar-refractivity contribution in [2.75, 3.05) is 23.7 Å². The molecule has 1 aromatic carbocycles. The summed E-state index contributed by atoms with van der Waals surface area (Å²) in [6, 6.07) is 8.74. The van der Waals surface area contributed by atoms with E-state index in [4.69, 9.17) is 16.2 Å². The highest BCUT2D eigenvalue weighted by molar-refractivity contribution is 5.74. The molecule has 0 atom stereocenters. The number of ether oxygens (including phenoxy) is 1. The fraction of sp³-hybridized carbons (Fsp3) is 0.312. The third-order valence-corrected chi connectivity index (χ3v) is 4.05. The van der Waals surface area contributed by atoms with Crippen molar-refractivity contribution in [2.24, 2.45) is 5.73 Å². The van der Waals surface area contributed by atoms with Gasteiger partial charge in [-0.25, -0.2) is 4.79 Å². The van der Waals surface area contributed by atoms with Gasteiger partial charge in [0.25, 0.3) is 0 Å². The Morgan fingerprint density at radius 3 is 2.62 bits per heavy atom. The van der Waals surface area contributed by atoms with Crippen LogP contribution >= 0.6 is 0 Å². The lowest BCUT2D eigenvalue weighted by Gasteiger charge is -2.33. The van der Waals surface area contributed by atoms with E-state index in [0.29, 0.717) is 43.0 Å². The Hall–Kier alpha value is -3.03. The molecule has 8 nitrogen and oxygen atoms in total. The molecule has 0 aliphatic carbocycles. The van der Waals surface area contributed by atoms with E-state index < -0.39 is 6.09 Å². The number of aromatic nitrogens is 2. The predicted octanol–water partition coefficient (Wildman–Crippen LogP) is 1.50. The zero-order valence-corrected chi connectivity index (χ0v) is 13.1. The molecule has 1 aromatic heterocycles. The predicted molar refractivity (Wildman–Crippen MR) is 89.4 cm³/mol. The molecule has 2 heterocycles. The molecule has 1 aliphatic heterocycles. The number of hydrogen-bond acceptors (Lipinski definition) is 7. The zero-order valence-electron chi connectivity index (χ0n) is 13.1. The van der Waals surface area contributed by atoms with Gasteiger partial charge in [0, 0.05) is 31.5 Å². The van der Waals surface area contributed by atoms with Crippen molar-refractivity contribution < 1.29 is 14.6 Å². The summed E-state index contributed by atoms with van der Waals surface area (Å²) < 4.78 is 5.03. The number of nitrogens with two attached hydrogens (primary N) is 2. The number of para-hydroxylation sites is 1. The molecule has 1 saturated heterocycles. The molecule has 0 saturated carbocycles. The normalized spacial score (nSPS) is 15.2. The van der Waals surface area contributed by atoms with Crippen LogP contribution in [0.5, 0.6) is 5.75 Å². The summed E-state index contributed by atoms with van der Waals surface area (Å²) in [5.41, 5.74) is 12.9. The number of nitrogen functional groups attached to an aromatic ring is 1. The number of carbonyl (C=O) groups is 1. The molecule has 8 heteroatoms. The summed E-state index contributed by atoms with van der Waals surface area (Å²) in [7, 11) is 0. The first-order valence-electron chi connectivity index (χ1n) is 7.67. The highest BCUT2D eigenvalue weighted by Crippen LogP contribution is 2.32. The maximum atomic E-state index is 10.8. The molecule has 1 fully saturated rings. The number of rotatable bonds is 3. The van der Waals surface area contributed by atoms with Crippen LogP contribution in [0.3, 0.4) is 0 Å². The molecule has 2 aromatic rings. The smallest absolute Gasteiger partial charge is 0.404 e. The minimum atomic E-state index is -0.750. The van der Waals surface area contributed by atoms with Gasteiger partial charge in [0.05, 0.1) is 11.4 Å². The maximum absolute atomic E-state index is 10.8. The standard InChI is InChI=1S/C16H19N5O3/c17-15-13(21-7-5-10(6-8-21)24-16(18)23)9-12(19-20-15)11-3-1-2-4-14(11)22/h1-4,9-10,22H,5-8H2,(H2,17,20)(H2,18,23). The van der Waals surface area contributed by atoms with Crippen LogP contribution in [0.15, 0.2) is 30.3 Å². The first-order chi connectivity index (χ1) is 11.5. The van der Waals surface area contributed by atoms with Crippen molar-refractivity contribution in [3.63, 3.8) is 0 Å². The Morgan fingerprint density at radius 2 is 1.96 bits per heavy atom. The molecule has 5 N–H and O–H groups in total. The summed E-state index contributed by atoms with van der Waals surface area (Å²) in [4.78, 5) is 12.9. The fourth-order valence-electron chi connectivity index (χ4n) is 2.85. The van der Waals surface area contributed by atoms with Crippen LogP contribution in [-0.2, 0) is 4.74 Å². The van der Waals surface area contributed by atoms with Crippen LogP contribution in [0.4, 0.5) is 16.3 Å². The van der Waals surface area contributed by atoms with Gasteiger partial charge < -0.3 is 26.2 Å². The average molecular weight is 329 g/mol. The van der Waals surface area contributed by atoms with Crippen LogP contribution < -0.4 is 16.4 Å². The summed E-state index contributed by atoms with van der Waals surface area (Å²) in [5.74, 6) is 0.458. The van der Waals surface area contributed by atoms with E-state index in [2.05, 4.69) is 15.1 Å². The zero-order chi connectivity index (χ0) is 17.1. The van der Waals surface area contributed by atoms with Gasteiger partial charge in [-0.15, -0.1) is 10.2 Å². The number of hydrogen-bond donors (Lipinski definition) is 3. The van der Waals surface area contributed by atoms with Crippen LogP contribution in [0.25, 0.3) is 11.3 Å². The summed E-state index contributed by atoms with van der Waals surface area (Å²) in [6.45, 7) is 1.32. The van der Waals surface area contributed by atoms with Gasteiger partial charge in [0.15, 0.2) is 5.82 Å². The molecule has 126 valence electrons.